The van der Waals surface area contributed by atoms with E-state index in [1.807, 2.05) is 41.5 Å². The molecule has 1 aliphatic rings. The molecule has 0 unspecified atom stereocenters. The van der Waals surface area contributed by atoms with Crippen molar-refractivity contribution in [1.82, 2.24) is 9.97 Å². The van der Waals surface area contributed by atoms with Crippen LogP contribution in [0.3, 0.4) is 0 Å². The van der Waals surface area contributed by atoms with E-state index < -0.39 is 13.5 Å². The first-order valence-electron chi connectivity index (χ1n) is 17.4. The first kappa shape index (κ1) is 39.8. The number of hydrogen-bond acceptors (Lipinski definition) is 4. The monoisotopic (exact) mass is 842 g/mol. The number of rotatable bonds is 5. The zero-order valence-corrected chi connectivity index (χ0v) is 35.0. The van der Waals surface area contributed by atoms with Crippen LogP contribution in [0.4, 0.5) is 0 Å². The van der Waals surface area contributed by atoms with Gasteiger partial charge in [-0.1, -0.05) is 136 Å². The van der Waals surface area contributed by atoms with Crippen LogP contribution >= 0.6 is 0 Å². The number of ketones is 1. The molecule has 4 aromatic rings. The van der Waals surface area contributed by atoms with Crippen LogP contribution in [0.25, 0.3) is 32.9 Å². The van der Waals surface area contributed by atoms with Crippen LogP contribution in [-0.4, -0.2) is 28.9 Å². The van der Waals surface area contributed by atoms with Gasteiger partial charge < -0.3 is 5.11 Å². The van der Waals surface area contributed by atoms with Crippen molar-refractivity contribution in [3.05, 3.63) is 76.8 Å². The van der Waals surface area contributed by atoms with Crippen molar-refractivity contribution in [2.45, 2.75) is 126 Å². The van der Waals surface area contributed by atoms with Gasteiger partial charge in [0.15, 0.2) is 5.78 Å². The minimum absolute atomic E-state index is 0. The second kappa shape index (κ2) is 15.1. The zero-order valence-electron chi connectivity index (χ0n) is 31.6. The Morgan fingerprint density at radius 2 is 1.58 bits per heavy atom. The van der Waals surface area contributed by atoms with Crippen molar-refractivity contribution in [1.29, 1.82) is 0 Å². The quantitative estimate of drug-likeness (QED) is 0.0715. The van der Waals surface area contributed by atoms with Crippen LogP contribution in [0.5, 0.6) is 0 Å². The summed E-state index contributed by atoms with van der Waals surface area (Å²) < 4.78 is 0. The third-order valence-electron chi connectivity index (χ3n) is 9.39. The van der Waals surface area contributed by atoms with Gasteiger partial charge >= 0.3 is 0 Å². The number of carbonyl (C=O) groups excluding carboxylic acids is 1. The number of aromatic nitrogens is 2. The van der Waals surface area contributed by atoms with Crippen LogP contribution in [0.2, 0.25) is 19.6 Å². The molecule has 1 fully saturated rings. The molecule has 0 amide bonds. The third kappa shape index (κ3) is 8.92. The van der Waals surface area contributed by atoms with Crippen molar-refractivity contribution < 1.29 is 30.0 Å². The SMILES string of the molecule is CC(C)(C)C(=O)/C=C(\O)C(C)(C)C.Cc1cc2ccc3c(-c4[c-]cc(C5CCCC5)cc4)nc(C(C)C)nc3c2c(C)c1[Si](C)(C)C.[Ir]. The van der Waals surface area contributed by atoms with Crippen LogP contribution in [0, 0.1) is 30.7 Å². The molecule has 48 heavy (non-hydrogen) atoms. The molecule has 1 heterocycles. The summed E-state index contributed by atoms with van der Waals surface area (Å²) in [5.41, 5.74) is 6.67. The van der Waals surface area contributed by atoms with Crippen molar-refractivity contribution in [2.75, 3.05) is 0 Å². The number of nitrogens with zero attached hydrogens (tertiary/aromatic N) is 2. The van der Waals surface area contributed by atoms with E-state index in [0.29, 0.717) is 5.92 Å². The fourth-order valence-electron chi connectivity index (χ4n) is 6.74. The third-order valence-corrected chi connectivity index (χ3v) is 11.7. The molecule has 1 saturated carbocycles. The molecule has 0 spiro atoms. The molecule has 5 rings (SSSR count). The van der Waals surface area contributed by atoms with E-state index in [0.717, 1.165) is 28.0 Å². The number of carbonyl (C=O) groups is 1. The van der Waals surface area contributed by atoms with Gasteiger partial charge in [0.1, 0.15) is 11.6 Å². The minimum Gasteiger partial charge on any atom is -0.512 e. The van der Waals surface area contributed by atoms with Gasteiger partial charge in [0.25, 0.3) is 0 Å². The number of fused-ring (bicyclic) bond motifs is 3. The average molecular weight is 842 g/mol. The molecular formula is C42H57IrN2O2Si-. The molecule has 0 aliphatic heterocycles. The van der Waals surface area contributed by atoms with Crippen LogP contribution in [0.1, 0.15) is 115 Å². The van der Waals surface area contributed by atoms with Crippen molar-refractivity contribution in [3.8, 4) is 11.3 Å². The van der Waals surface area contributed by atoms with Crippen LogP contribution in [-0.2, 0) is 24.9 Å². The van der Waals surface area contributed by atoms with Crippen LogP contribution < -0.4 is 5.19 Å². The fraction of sp³-hybridized carbons (Fsp3) is 0.500. The summed E-state index contributed by atoms with van der Waals surface area (Å²) in [6.07, 6.45) is 6.66. The maximum Gasteiger partial charge on any atom is 0.164 e. The second-order valence-corrected chi connectivity index (χ2v) is 22.0. The number of benzene rings is 3. The van der Waals surface area contributed by atoms with Gasteiger partial charge in [0.05, 0.1) is 13.6 Å². The van der Waals surface area contributed by atoms with Gasteiger partial charge in [-0.3, -0.25) is 9.78 Å². The number of allylic oxidation sites excluding steroid dienone is 2. The van der Waals surface area contributed by atoms with Gasteiger partial charge in [0, 0.05) is 48.3 Å². The maximum absolute atomic E-state index is 11.5. The summed E-state index contributed by atoms with van der Waals surface area (Å²) in [5, 5.41) is 14.8. The Morgan fingerprint density at radius 1 is 0.958 bits per heavy atom. The number of hydrogen-bond donors (Lipinski definition) is 1. The molecule has 1 N–H and O–H groups in total. The minimum atomic E-state index is -1.51. The average Bonchev–Trinajstić information content (AvgIpc) is 3.50. The Kier molecular flexibility index (Phi) is 12.5. The van der Waals surface area contributed by atoms with Crippen LogP contribution in [0.15, 0.2) is 48.2 Å². The van der Waals surface area contributed by atoms with E-state index >= 15 is 0 Å². The normalized spacial score (nSPS) is 14.7. The van der Waals surface area contributed by atoms with E-state index in [2.05, 4.69) is 89.8 Å². The largest absolute Gasteiger partial charge is 0.512 e. The first-order valence-corrected chi connectivity index (χ1v) is 20.9. The Hall–Kier alpha value is -2.66. The number of aliphatic hydroxyl groups is 1. The van der Waals surface area contributed by atoms with Crippen molar-refractivity contribution in [2.24, 2.45) is 10.8 Å². The molecule has 4 nitrogen and oxygen atoms in total. The van der Waals surface area contributed by atoms with E-state index in [4.69, 9.17) is 9.97 Å². The summed E-state index contributed by atoms with van der Waals surface area (Å²) in [4.78, 5) is 21.7. The second-order valence-electron chi connectivity index (χ2n) is 17.0. The number of aliphatic hydroxyl groups excluding tert-OH is 1. The van der Waals surface area contributed by atoms with Gasteiger partial charge in [-0.15, -0.1) is 35.4 Å². The summed E-state index contributed by atoms with van der Waals surface area (Å²) in [5.74, 6) is 1.98. The molecule has 1 radical (unpaired) electrons. The molecule has 3 aromatic carbocycles. The predicted molar refractivity (Wildman–Crippen MR) is 204 cm³/mol. The van der Waals surface area contributed by atoms with Gasteiger partial charge in [-0.2, -0.15) is 0 Å². The molecule has 0 bridgehead atoms. The fourth-order valence-corrected chi connectivity index (χ4v) is 9.25. The van der Waals surface area contributed by atoms with Crippen molar-refractivity contribution in [3.63, 3.8) is 0 Å². The Bertz CT molecular complexity index is 1800. The summed E-state index contributed by atoms with van der Waals surface area (Å²) in [6, 6.07) is 17.2. The van der Waals surface area contributed by atoms with E-state index in [1.54, 1.807) is 5.19 Å². The molecule has 1 aliphatic carbocycles. The molecular weight excluding hydrogens is 785 g/mol. The number of aryl methyl sites for hydroxylation is 2. The molecule has 6 heteroatoms. The summed E-state index contributed by atoms with van der Waals surface area (Å²) in [6.45, 7) is 27.4. The Labute approximate surface area is 304 Å². The Balaban J connectivity index is 0.000000382. The molecule has 261 valence electrons. The summed E-state index contributed by atoms with van der Waals surface area (Å²) in [7, 11) is -1.51. The van der Waals surface area contributed by atoms with Gasteiger partial charge in [0.2, 0.25) is 0 Å². The van der Waals surface area contributed by atoms with Gasteiger partial charge in [-0.25, -0.2) is 4.98 Å². The predicted octanol–water partition coefficient (Wildman–Crippen LogP) is 11.3. The smallest absolute Gasteiger partial charge is 0.164 e. The van der Waals surface area contributed by atoms with Gasteiger partial charge in [-0.05, 0) is 35.9 Å². The van der Waals surface area contributed by atoms with E-state index in [9.17, 15) is 9.90 Å². The Morgan fingerprint density at radius 3 is 2.08 bits per heavy atom. The molecule has 1 aromatic heterocycles. The van der Waals surface area contributed by atoms with E-state index in [-0.39, 0.29) is 43.0 Å². The maximum atomic E-state index is 11.5. The molecule has 0 saturated heterocycles. The molecule has 0 atom stereocenters. The summed E-state index contributed by atoms with van der Waals surface area (Å²) >= 11 is 0. The zero-order chi connectivity index (χ0) is 35.1. The van der Waals surface area contributed by atoms with Crippen molar-refractivity contribution >= 4 is 40.7 Å². The standard InChI is InChI=1S/C31H37N2Si.C11H20O2.Ir/c1-19(2)31-32-28(24-14-12-23(13-15-24)22-10-8-9-11-22)26-17-16-25-18-20(3)30(34(5,6)7)21(4)27(25)29(26)33-31;1-10(2,3)8(12)7-9(13)11(4,5)6;/h12-14,16-19,22H,8-11H2,1-7H3;7,12H,1-6H3;/q-1;;/b;8-7-;. The topological polar surface area (TPSA) is 63.1 Å². The first-order chi connectivity index (χ1) is 21.7. The van der Waals surface area contributed by atoms with E-state index in [1.165, 1.54) is 59.2 Å².